The Morgan fingerprint density at radius 3 is 2.80 bits per heavy atom. The molecule has 1 aromatic carbocycles. The second kappa shape index (κ2) is 7.24. The van der Waals surface area contributed by atoms with E-state index in [2.05, 4.69) is 29.6 Å². The van der Waals surface area contributed by atoms with Gasteiger partial charge in [0.05, 0.1) is 6.10 Å². The quantitative estimate of drug-likeness (QED) is 0.791. The number of ether oxygens (including phenoxy) is 1. The molecule has 0 saturated heterocycles. The predicted molar refractivity (Wildman–Crippen MR) is 82.9 cm³/mol. The zero-order valence-electron chi connectivity index (χ0n) is 12.4. The number of nitrogens with one attached hydrogen (secondary N) is 1. The van der Waals surface area contributed by atoms with E-state index >= 15 is 0 Å². The van der Waals surface area contributed by atoms with Crippen LogP contribution in [-0.4, -0.2) is 19.2 Å². The van der Waals surface area contributed by atoms with Gasteiger partial charge >= 0.3 is 0 Å². The van der Waals surface area contributed by atoms with Gasteiger partial charge in [-0.3, -0.25) is 0 Å². The van der Waals surface area contributed by atoms with E-state index in [-0.39, 0.29) is 0 Å². The Morgan fingerprint density at radius 1 is 1.05 bits per heavy atom. The van der Waals surface area contributed by atoms with Gasteiger partial charge in [0.2, 0.25) is 0 Å². The monoisotopic (exact) mass is 273 g/mol. The molecule has 0 radical (unpaired) electrons. The molecule has 1 N–H and O–H groups in total. The summed E-state index contributed by atoms with van der Waals surface area (Å²) in [6, 6.07) is 9.57. The van der Waals surface area contributed by atoms with Crippen molar-refractivity contribution in [2.24, 2.45) is 0 Å². The van der Waals surface area contributed by atoms with E-state index in [1.165, 1.54) is 56.1 Å². The molecular formula is C18H27NO. The smallest absolute Gasteiger partial charge is 0.0827 e. The van der Waals surface area contributed by atoms with E-state index in [0.29, 0.717) is 6.10 Å². The molecule has 3 rings (SSSR count). The number of rotatable bonds is 6. The highest BCUT2D eigenvalue weighted by atomic mass is 16.5. The molecule has 1 saturated carbocycles. The van der Waals surface area contributed by atoms with E-state index < -0.39 is 0 Å². The molecule has 2 heteroatoms. The lowest BCUT2D eigenvalue weighted by Crippen LogP contribution is -2.27. The van der Waals surface area contributed by atoms with Gasteiger partial charge in [0.25, 0.3) is 0 Å². The average Bonchev–Trinajstić information content (AvgIpc) is 3.00. The van der Waals surface area contributed by atoms with E-state index in [1.807, 2.05) is 0 Å². The predicted octanol–water partition coefficient (Wildman–Crippen LogP) is 4.00. The van der Waals surface area contributed by atoms with Crippen molar-refractivity contribution in [1.29, 1.82) is 0 Å². The summed E-state index contributed by atoms with van der Waals surface area (Å²) in [5.74, 6) is 0. The normalized spacial score (nSPS) is 22.9. The third-order valence-corrected chi connectivity index (χ3v) is 4.74. The second-order valence-corrected chi connectivity index (χ2v) is 6.24. The molecule has 0 bridgehead atoms. The zero-order chi connectivity index (χ0) is 13.6. The highest BCUT2D eigenvalue weighted by Crippen LogP contribution is 2.32. The first kappa shape index (κ1) is 14.1. The van der Waals surface area contributed by atoms with Gasteiger partial charge in [-0.05, 0) is 56.2 Å². The molecule has 0 aliphatic heterocycles. The van der Waals surface area contributed by atoms with Crippen LogP contribution in [-0.2, 0) is 11.2 Å². The maximum absolute atomic E-state index is 6.13. The molecule has 0 heterocycles. The highest BCUT2D eigenvalue weighted by Gasteiger charge is 2.20. The summed E-state index contributed by atoms with van der Waals surface area (Å²) in [5.41, 5.74) is 2.93. The second-order valence-electron chi connectivity index (χ2n) is 6.24. The Labute approximate surface area is 122 Å². The van der Waals surface area contributed by atoms with E-state index in [4.69, 9.17) is 4.74 Å². The fourth-order valence-corrected chi connectivity index (χ4v) is 3.62. The molecule has 2 aliphatic carbocycles. The van der Waals surface area contributed by atoms with Gasteiger partial charge in [-0.1, -0.05) is 37.1 Å². The van der Waals surface area contributed by atoms with Crippen molar-refractivity contribution in [3.63, 3.8) is 0 Å². The maximum atomic E-state index is 6.13. The maximum Gasteiger partial charge on any atom is 0.0827 e. The van der Waals surface area contributed by atoms with E-state index in [9.17, 15) is 0 Å². The summed E-state index contributed by atoms with van der Waals surface area (Å²) in [5, 5.41) is 3.66. The molecule has 1 fully saturated rings. The minimum Gasteiger partial charge on any atom is -0.373 e. The topological polar surface area (TPSA) is 21.3 Å². The molecule has 2 aliphatic rings. The summed E-state index contributed by atoms with van der Waals surface area (Å²) in [6.07, 6.45) is 10.7. The third kappa shape index (κ3) is 3.62. The van der Waals surface area contributed by atoms with Crippen molar-refractivity contribution in [3.8, 4) is 0 Å². The van der Waals surface area contributed by atoms with Crippen molar-refractivity contribution in [1.82, 2.24) is 5.32 Å². The number of fused-ring (bicyclic) bond motifs is 1. The number of hydrogen-bond acceptors (Lipinski definition) is 2. The lowest BCUT2D eigenvalue weighted by molar-refractivity contribution is 0.0391. The van der Waals surface area contributed by atoms with Crippen molar-refractivity contribution in [3.05, 3.63) is 35.4 Å². The van der Waals surface area contributed by atoms with Gasteiger partial charge in [-0.2, -0.15) is 0 Å². The average molecular weight is 273 g/mol. The number of aryl methyl sites for hydroxylation is 1. The molecule has 1 atom stereocenters. The summed E-state index contributed by atoms with van der Waals surface area (Å²) in [4.78, 5) is 0. The Balaban J connectivity index is 1.38. The first-order valence-corrected chi connectivity index (χ1v) is 8.36. The molecule has 20 heavy (non-hydrogen) atoms. The minimum absolute atomic E-state index is 0.339. The van der Waals surface area contributed by atoms with Crippen molar-refractivity contribution < 1.29 is 4.74 Å². The van der Waals surface area contributed by atoms with Gasteiger partial charge in [0.1, 0.15) is 0 Å². The van der Waals surface area contributed by atoms with Crippen molar-refractivity contribution in [2.45, 2.75) is 63.5 Å². The molecule has 0 spiro atoms. The number of hydrogen-bond donors (Lipinski definition) is 1. The standard InChI is InChI=1S/C18H27NO/c1-4-11-17-15(7-1)8-5-12-18(17)20-14-6-13-19-16-9-2-3-10-16/h1,4,7,11,16,18-19H,2-3,5-6,8-10,12-14H2. The minimum atomic E-state index is 0.339. The van der Waals surface area contributed by atoms with Crippen LogP contribution >= 0.6 is 0 Å². The molecule has 1 unspecified atom stereocenters. The zero-order valence-corrected chi connectivity index (χ0v) is 12.4. The van der Waals surface area contributed by atoms with Crippen LogP contribution in [0.5, 0.6) is 0 Å². The summed E-state index contributed by atoms with van der Waals surface area (Å²) < 4.78 is 6.13. The molecule has 0 aromatic heterocycles. The van der Waals surface area contributed by atoms with Gasteiger partial charge in [-0.25, -0.2) is 0 Å². The Kier molecular flexibility index (Phi) is 5.10. The molecule has 2 nitrogen and oxygen atoms in total. The summed E-state index contributed by atoms with van der Waals surface area (Å²) in [6.45, 7) is 2.00. The van der Waals surface area contributed by atoms with Crippen LogP contribution in [0.2, 0.25) is 0 Å². The molecular weight excluding hydrogens is 246 g/mol. The highest BCUT2D eigenvalue weighted by molar-refractivity contribution is 5.31. The van der Waals surface area contributed by atoms with E-state index in [0.717, 1.165) is 25.6 Å². The fourth-order valence-electron chi connectivity index (χ4n) is 3.62. The van der Waals surface area contributed by atoms with Crippen molar-refractivity contribution in [2.75, 3.05) is 13.2 Å². The Bertz CT molecular complexity index is 412. The lowest BCUT2D eigenvalue weighted by Gasteiger charge is -2.25. The first-order valence-electron chi connectivity index (χ1n) is 8.36. The van der Waals surface area contributed by atoms with Crippen LogP contribution in [0.25, 0.3) is 0 Å². The van der Waals surface area contributed by atoms with Crippen LogP contribution in [0.3, 0.4) is 0 Å². The van der Waals surface area contributed by atoms with Gasteiger partial charge in [-0.15, -0.1) is 0 Å². The Morgan fingerprint density at radius 2 is 1.90 bits per heavy atom. The molecule has 110 valence electrons. The fraction of sp³-hybridized carbons (Fsp3) is 0.667. The largest absolute Gasteiger partial charge is 0.373 e. The van der Waals surface area contributed by atoms with Crippen LogP contribution in [0.1, 0.15) is 62.2 Å². The molecule has 1 aromatic rings. The molecule has 0 amide bonds. The SMILES string of the molecule is c1ccc2c(c1)CCCC2OCCCNC1CCCC1. The number of benzene rings is 1. The van der Waals surface area contributed by atoms with Crippen molar-refractivity contribution >= 4 is 0 Å². The Hall–Kier alpha value is -0.860. The van der Waals surface area contributed by atoms with Crippen LogP contribution in [0.4, 0.5) is 0 Å². The van der Waals surface area contributed by atoms with Gasteiger partial charge in [0.15, 0.2) is 0 Å². The van der Waals surface area contributed by atoms with Gasteiger partial charge < -0.3 is 10.1 Å². The van der Waals surface area contributed by atoms with Gasteiger partial charge in [0, 0.05) is 12.6 Å². The van der Waals surface area contributed by atoms with Crippen LogP contribution < -0.4 is 5.32 Å². The van der Waals surface area contributed by atoms with E-state index in [1.54, 1.807) is 0 Å². The first-order chi connectivity index (χ1) is 9.93. The lowest BCUT2D eigenvalue weighted by atomic mass is 9.89. The van der Waals surface area contributed by atoms with Crippen LogP contribution in [0.15, 0.2) is 24.3 Å². The third-order valence-electron chi connectivity index (χ3n) is 4.74. The summed E-state index contributed by atoms with van der Waals surface area (Å²) in [7, 11) is 0. The van der Waals surface area contributed by atoms with Crippen LogP contribution in [0, 0.1) is 0 Å². The summed E-state index contributed by atoms with van der Waals surface area (Å²) >= 11 is 0.